The van der Waals surface area contributed by atoms with Gasteiger partial charge in [-0.2, -0.15) is 0 Å². The molecule has 1 aromatic rings. The lowest BCUT2D eigenvalue weighted by Gasteiger charge is -2.63. The van der Waals surface area contributed by atoms with Gasteiger partial charge < -0.3 is 5.11 Å². The van der Waals surface area contributed by atoms with Gasteiger partial charge in [-0.15, -0.1) is 0 Å². The van der Waals surface area contributed by atoms with E-state index in [2.05, 4.69) is 49.1 Å². The third-order valence-electron chi connectivity index (χ3n) is 9.55. The van der Waals surface area contributed by atoms with E-state index in [9.17, 15) is 5.11 Å². The number of rotatable bonds is 2. The Hall–Kier alpha value is -0.860. The minimum Gasteiger partial charge on any atom is -0.393 e. The molecule has 27 heavy (non-hydrogen) atoms. The van der Waals surface area contributed by atoms with Crippen molar-refractivity contribution in [2.75, 3.05) is 6.54 Å². The van der Waals surface area contributed by atoms with Gasteiger partial charge >= 0.3 is 0 Å². The molecule has 2 nitrogen and oxygen atoms in total. The Morgan fingerprint density at radius 1 is 0.926 bits per heavy atom. The Balaban J connectivity index is 1.48. The molecule has 0 radical (unpaired) electrons. The summed E-state index contributed by atoms with van der Waals surface area (Å²) >= 11 is 0. The second kappa shape index (κ2) is 6.59. The summed E-state index contributed by atoms with van der Waals surface area (Å²) in [6, 6.07) is 11.9. The van der Waals surface area contributed by atoms with E-state index in [-0.39, 0.29) is 11.5 Å². The highest BCUT2D eigenvalue weighted by molar-refractivity contribution is 5.17. The van der Waals surface area contributed by atoms with Gasteiger partial charge in [0.1, 0.15) is 0 Å². The van der Waals surface area contributed by atoms with Crippen LogP contribution in [0.3, 0.4) is 0 Å². The van der Waals surface area contributed by atoms with Crippen molar-refractivity contribution in [2.45, 2.75) is 83.9 Å². The van der Waals surface area contributed by atoms with E-state index in [1.165, 1.54) is 57.1 Å². The maximum Gasteiger partial charge on any atom is 0.0596 e. The molecule has 1 heterocycles. The lowest BCUT2D eigenvalue weighted by molar-refractivity contribution is -0.150. The first kappa shape index (κ1) is 18.2. The zero-order valence-electron chi connectivity index (χ0n) is 17.2. The quantitative estimate of drug-likeness (QED) is 0.771. The topological polar surface area (TPSA) is 23.5 Å². The van der Waals surface area contributed by atoms with Gasteiger partial charge in [0.2, 0.25) is 0 Å². The van der Waals surface area contributed by atoms with Gasteiger partial charge in [-0.3, -0.25) is 4.90 Å². The maximum absolute atomic E-state index is 10.8. The van der Waals surface area contributed by atoms with Crippen molar-refractivity contribution < 1.29 is 5.11 Å². The van der Waals surface area contributed by atoms with Gasteiger partial charge in [0.25, 0.3) is 0 Å². The van der Waals surface area contributed by atoms with Crippen molar-refractivity contribution in [3.05, 3.63) is 35.9 Å². The Morgan fingerprint density at radius 3 is 2.52 bits per heavy atom. The normalized spacial score (nSPS) is 47.1. The lowest BCUT2D eigenvalue weighted by atomic mass is 9.48. The summed E-state index contributed by atoms with van der Waals surface area (Å²) in [7, 11) is 0. The van der Waals surface area contributed by atoms with E-state index in [0.717, 1.165) is 36.8 Å². The predicted octanol–water partition coefficient (Wildman–Crippen LogP) is 5.25. The van der Waals surface area contributed by atoms with Crippen molar-refractivity contribution >= 4 is 0 Å². The Morgan fingerprint density at radius 2 is 1.70 bits per heavy atom. The second-order valence-electron chi connectivity index (χ2n) is 10.7. The summed E-state index contributed by atoms with van der Waals surface area (Å²) in [4.78, 5) is 2.87. The number of aliphatic hydroxyl groups is 1. The number of hydrogen-bond donors (Lipinski definition) is 1. The van der Waals surface area contributed by atoms with E-state index < -0.39 is 0 Å². The number of benzene rings is 1. The smallest absolute Gasteiger partial charge is 0.0596 e. The zero-order valence-corrected chi connectivity index (χ0v) is 17.2. The summed E-state index contributed by atoms with van der Waals surface area (Å²) < 4.78 is 0. The summed E-state index contributed by atoms with van der Waals surface area (Å²) in [6.07, 6.45) is 10.4. The maximum atomic E-state index is 10.8. The fourth-order valence-corrected chi connectivity index (χ4v) is 8.10. The molecule has 0 aromatic heterocycles. The molecule has 2 heteroatoms. The molecule has 148 valence electrons. The molecule has 0 bridgehead atoms. The molecule has 1 saturated heterocycles. The lowest BCUT2D eigenvalue weighted by Crippen LogP contribution is -2.63. The van der Waals surface area contributed by atoms with Crippen LogP contribution in [0.15, 0.2) is 30.3 Å². The highest BCUT2D eigenvalue weighted by Crippen LogP contribution is 2.63. The van der Waals surface area contributed by atoms with Crippen molar-refractivity contribution in [3.63, 3.8) is 0 Å². The van der Waals surface area contributed by atoms with Gasteiger partial charge in [0.05, 0.1) is 6.10 Å². The van der Waals surface area contributed by atoms with Crippen LogP contribution >= 0.6 is 0 Å². The van der Waals surface area contributed by atoms with E-state index in [1.807, 2.05) is 0 Å². The molecule has 1 N–H and O–H groups in total. The Bertz CT molecular complexity index is 674. The molecule has 3 saturated carbocycles. The first-order valence-electron chi connectivity index (χ1n) is 11.5. The third-order valence-corrected chi connectivity index (χ3v) is 9.55. The van der Waals surface area contributed by atoms with Crippen LogP contribution in [-0.2, 0) is 6.54 Å². The fraction of sp³-hybridized carbons (Fsp3) is 0.760. The van der Waals surface area contributed by atoms with Crippen LogP contribution in [0.5, 0.6) is 0 Å². The van der Waals surface area contributed by atoms with Crippen LogP contribution in [0.25, 0.3) is 0 Å². The average Bonchev–Trinajstić information content (AvgIpc) is 2.98. The van der Waals surface area contributed by atoms with Crippen LogP contribution in [0.2, 0.25) is 0 Å². The molecule has 0 amide bonds. The average molecular weight is 368 g/mol. The first-order valence-corrected chi connectivity index (χ1v) is 11.5. The molecule has 1 aromatic carbocycles. The summed E-state index contributed by atoms with van der Waals surface area (Å²) in [5.74, 6) is 2.38. The molecule has 4 aliphatic rings. The van der Waals surface area contributed by atoms with Gasteiger partial charge in [-0.1, -0.05) is 57.0 Å². The van der Waals surface area contributed by atoms with Crippen molar-refractivity contribution in [2.24, 2.45) is 28.6 Å². The number of likely N-dealkylation sites (tertiary alicyclic amines) is 1. The van der Waals surface area contributed by atoms with Gasteiger partial charge in [-0.25, -0.2) is 0 Å². The highest BCUT2D eigenvalue weighted by atomic mass is 16.3. The summed E-state index contributed by atoms with van der Waals surface area (Å²) in [5, 5.41) is 10.8. The SMILES string of the molecule is CC12CCC3C(CN(Cc4ccccc4)C4CCCCC34C)C1CCC2O. The number of fused-ring (bicyclic) bond motifs is 5. The van der Waals surface area contributed by atoms with Crippen molar-refractivity contribution in [1.29, 1.82) is 0 Å². The first-order chi connectivity index (χ1) is 13.0. The second-order valence-corrected chi connectivity index (χ2v) is 10.7. The highest BCUT2D eigenvalue weighted by Gasteiger charge is 2.61. The van der Waals surface area contributed by atoms with Crippen LogP contribution in [0.1, 0.15) is 70.8 Å². The molecular formula is C25H37NO. The summed E-state index contributed by atoms with van der Waals surface area (Å²) in [6.45, 7) is 7.41. The minimum atomic E-state index is -0.0668. The fourth-order valence-electron chi connectivity index (χ4n) is 8.10. The van der Waals surface area contributed by atoms with Crippen LogP contribution in [0.4, 0.5) is 0 Å². The third kappa shape index (κ3) is 2.74. The molecular weight excluding hydrogens is 330 g/mol. The number of aliphatic hydroxyl groups excluding tert-OH is 1. The standard InChI is InChI=1S/C25H37NO/c1-24-14-7-6-10-22(24)26(16-18-8-4-3-5-9-18)17-19-20-11-12-23(27)25(20,2)15-13-21(19)24/h3-5,8-9,19-23,27H,6-7,10-17H2,1-2H3. The van der Waals surface area contributed by atoms with Crippen LogP contribution in [0, 0.1) is 28.6 Å². The number of hydrogen-bond acceptors (Lipinski definition) is 2. The molecule has 7 atom stereocenters. The van der Waals surface area contributed by atoms with Gasteiger partial charge in [0.15, 0.2) is 0 Å². The van der Waals surface area contributed by atoms with Crippen LogP contribution in [-0.4, -0.2) is 28.7 Å². The molecule has 4 fully saturated rings. The predicted molar refractivity (Wildman–Crippen MR) is 110 cm³/mol. The monoisotopic (exact) mass is 367 g/mol. The largest absolute Gasteiger partial charge is 0.393 e. The molecule has 5 rings (SSSR count). The Labute approximate surface area is 165 Å². The molecule has 3 aliphatic carbocycles. The molecule has 1 aliphatic heterocycles. The van der Waals surface area contributed by atoms with E-state index in [0.29, 0.717) is 5.41 Å². The van der Waals surface area contributed by atoms with Gasteiger partial charge in [-0.05, 0) is 72.7 Å². The molecule has 7 unspecified atom stereocenters. The number of nitrogens with zero attached hydrogens (tertiary/aromatic N) is 1. The summed E-state index contributed by atoms with van der Waals surface area (Å²) in [5.41, 5.74) is 2.12. The molecule has 0 spiro atoms. The van der Waals surface area contributed by atoms with Crippen LogP contribution < -0.4 is 0 Å². The van der Waals surface area contributed by atoms with Gasteiger partial charge in [0, 0.05) is 19.1 Å². The minimum absolute atomic E-state index is 0.0668. The van der Waals surface area contributed by atoms with Crippen molar-refractivity contribution in [3.8, 4) is 0 Å². The zero-order chi connectivity index (χ0) is 18.6. The van der Waals surface area contributed by atoms with E-state index in [4.69, 9.17) is 0 Å². The number of piperidine rings is 1. The van der Waals surface area contributed by atoms with E-state index in [1.54, 1.807) is 0 Å². The van der Waals surface area contributed by atoms with Crippen molar-refractivity contribution in [1.82, 2.24) is 4.90 Å². The van der Waals surface area contributed by atoms with E-state index >= 15 is 0 Å². The Kier molecular flexibility index (Phi) is 4.44.